The number of aryl methyl sites for hydroxylation is 1. The Kier molecular flexibility index (Phi) is 5.16. The number of hydrogen-bond donors (Lipinski definition) is 0. The molecule has 1 aliphatic rings. The second-order valence-electron chi connectivity index (χ2n) is 7.20. The first-order valence-electron chi connectivity index (χ1n) is 9.09. The molecule has 0 N–H and O–H groups in total. The van der Waals surface area contributed by atoms with Gasteiger partial charge < -0.3 is 14.2 Å². The molecule has 0 saturated heterocycles. The number of carbonyl (C=O) groups is 1. The van der Waals surface area contributed by atoms with Crippen LogP contribution in [-0.2, 0) is 0 Å². The number of ether oxygens (including phenoxy) is 1. The van der Waals surface area contributed by atoms with Crippen LogP contribution < -0.4 is 9.64 Å². The number of anilines is 1. The van der Waals surface area contributed by atoms with E-state index in [0.29, 0.717) is 6.04 Å². The van der Waals surface area contributed by atoms with Crippen molar-refractivity contribution < 1.29 is 9.53 Å². The summed E-state index contributed by atoms with van der Waals surface area (Å²) in [5.41, 5.74) is 4.12. The number of benzene rings is 1. The number of aromatic nitrogens is 1. The quantitative estimate of drug-likeness (QED) is 0.724. The maximum Gasteiger partial charge on any atom is 0.202 e. The Hall–Kier alpha value is -2.23. The summed E-state index contributed by atoms with van der Waals surface area (Å²) in [7, 11) is 3.98. The van der Waals surface area contributed by atoms with Crippen molar-refractivity contribution in [2.75, 3.05) is 25.6 Å². The van der Waals surface area contributed by atoms with Crippen LogP contribution in [0, 0.1) is 13.8 Å². The molecule has 3 rings (SSSR count). The molecule has 1 aromatic heterocycles. The molecule has 0 radical (unpaired) electrons. The number of Topliss-reactive ketones (excluding diaryl/α,β-unsaturated/α-hetero) is 1. The van der Waals surface area contributed by atoms with Crippen LogP contribution in [0.15, 0.2) is 30.3 Å². The molecular formula is C21H28N2O2. The smallest absolute Gasteiger partial charge is 0.202 e. The molecule has 4 nitrogen and oxygen atoms in total. The first-order valence-corrected chi connectivity index (χ1v) is 9.09. The first-order chi connectivity index (χ1) is 12.0. The van der Waals surface area contributed by atoms with Gasteiger partial charge in [0.1, 0.15) is 5.75 Å². The molecule has 4 heteroatoms. The largest absolute Gasteiger partial charge is 0.485 e. The minimum Gasteiger partial charge on any atom is -0.485 e. The minimum atomic E-state index is 0.0487. The van der Waals surface area contributed by atoms with E-state index < -0.39 is 0 Å². The van der Waals surface area contributed by atoms with Crippen LogP contribution in [0.1, 0.15) is 53.5 Å². The predicted octanol–water partition coefficient (Wildman–Crippen LogP) is 4.55. The van der Waals surface area contributed by atoms with Gasteiger partial charge in [0.05, 0.1) is 0 Å². The Morgan fingerprint density at radius 2 is 1.92 bits per heavy atom. The number of rotatable bonds is 6. The van der Waals surface area contributed by atoms with Gasteiger partial charge >= 0.3 is 0 Å². The van der Waals surface area contributed by atoms with Gasteiger partial charge in [0.25, 0.3) is 0 Å². The van der Waals surface area contributed by atoms with Crippen molar-refractivity contribution in [2.45, 2.75) is 45.6 Å². The molecule has 0 spiro atoms. The molecule has 1 heterocycles. The van der Waals surface area contributed by atoms with E-state index in [-0.39, 0.29) is 12.4 Å². The highest BCUT2D eigenvalue weighted by atomic mass is 16.5. The van der Waals surface area contributed by atoms with E-state index in [1.807, 2.05) is 49.3 Å². The zero-order valence-electron chi connectivity index (χ0n) is 15.7. The van der Waals surface area contributed by atoms with Crippen molar-refractivity contribution in [1.29, 1.82) is 0 Å². The fourth-order valence-corrected chi connectivity index (χ4v) is 3.86. The van der Waals surface area contributed by atoms with Crippen LogP contribution in [0.5, 0.6) is 5.75 Å². The summed E-state index contributed by atoms with van der Waals surface area (Å²) < 4.78 is 8.11. The Bertz CT molecular complexity index is 755. The maximum absolute atomic E-state index is 12.7. The van der Waals surface area contributed by atoms with Crippen molar-refractivity contribution in [3.63, 3.8) is 0 Å². The summed E-state index contributed by atoms with van der Waals surface area (Å²) in [6.07, 6.45) is 5.02. The average molecular weight is 340 g/mol. The molecular weight excluding hydrogens is 312 g/mol. The van der Waals surface area contributed by atoms with Gasteiger partial charge in [0, 0.05) is 48.8 Å². The molecule has 1 saturated carbocycles. The molecule has 0 atom stereocenters. The Balaban J connectivity index is 1.71. The van der Waals surface area contributed by atoms with Crippen LogP contribution in [0.25, 0.3) is 0 Å². The third-order valence-corrected chi connectivity index (χ3v) is 5.18. The Labute approximate surface area is 150 Å². The summed E-state index contributed by atoms with van der Waals surface area (Å²) in [5.74, 6) is 0.775. The normalized spacial score (nSPS) is 14.7. The standard InChI is InChI=1S/C21H28N2O2/c1-15-12-20(16(2)23(15)17-8-5-6-9-17)21(24)14-25-19-11-7-10-18(13-19)22(3)4/h7,10-13,17H,5-6,8-9,14H2,1-4H3. The third kappa shape index (κ3) is 3.73. The highest BCUT2D eigenvalue weighted by Gasteiger charge is 2.23. The Morgan fingerprint density at radius 1 is 1.20 bits per heavy atom. The van der Waals surface area contributed by atoms with Gasteiger partial charge in [0.15, 0.2) is 6.61 Å². The summed E-state index contributed by atoms with van der Waals surface area (Å²) in [6, 6.07) is 10.4. The predicted molar refractivity (Wildman–Crippen MR) is 102 cm³/mol. The Morgan fingerprint density at radius 3 is 2.60 bits per heavy atom. The lowest BCUT2D eigenvalue weighted by Gasteiger charge is -2.17. The fourth-order valence-electron chi connectivity index (χ4n) is 3.86. The monoisotopic (exact) mass is 340 g/mol. The number of nitrogens with zero attached hydrogens (tertiary/aromatic N) is 2. The number of ketones is 1. The van der Waals surface area contributed by atoms with E-state index in [9.17, 15) is 4.79 Å². The van der Waals surface area contributed by atoms with E-state index >= 15 is 0 Å². The van der Waals surface area contributed by atoms with Crippen molar-refractivity contribution in [1.82, 2.24) is 4.57 Å². The van der Waals surface area contributed by atoms with Crippen molar-refractivity contribution in [2.24, 2.45) is 0 Å². The zero-order chi connectivity index (χ0) is 18.0. The molecule has 1 fully saturated rings. The lowest BCUT2D eigenvalue weighted by atomic mass is 10.1. The lowest BCUT2D eigenvalue weighted by Crippen LogP contribution is -2.14. The second kappa shape index (κ2) is 7.34. The molecule has 0 bridgehead atoms. The van der Waals surface area contributed by atoms with Gasteiger partial charge in [-0.1, -0.05) is 18.9 Å². The van der Waals surface area contributed by atoms with Gasteiger partial charge in [-0.05, 0) is 44.9 Å². The molecule has 1 aromatic carbocycles. The highest BCUT2D eigenvalue weighted by Crippen LogP contribution is 2.33. The summed E-state index contributed by atoms with van der Waals surface area (Å²) in [6.45, 7) is 4.24. The molecule has 134 valence electrons. The SMILES string of the molecule is Cc1cc(C(=O)COc2cccc(N(C)C)c2)c(C)n1C1CCCC1. The van der Waals surface area contributed by atoms with Crippen LogP contribution in [0.3, 0.4) is 0 Å². The number of carbonyl (C=O) groups excluding carboxylic acids is 1. The third-order valence-electron chi connectivity index (χ3n) is 5.18. The number of hydrogen-bond acceptors (Lipinski definition) is 3. The highest BCUT2D eigenvalue weighted by molar-refractivity contribution is 5.98. The second-order valence-corrected chi connectivity index (χ2v) is 7.20. The molecule has 2 aromatic rings. The fraction of sp³-hybridized carbons (Fsp3) is 0.476. The maximum atomic E-state index is 12.7. The summed E-state index contributed by atoms with van der Waals surface area (Å²) in [4.78, 5) is 14.7. The van der Waals surface area contributed by atoms with Gasteiger partial charge in [-0.25, -0.2) is 0 Å². The van der Waals surface area contributed by atoms with Crippen molar-refractivity contribution >= 4 is 11.5 Å². The van der Waals surface area contributed by atoms with Crippen LogP contribution in [0.2, 0.25) is 0 Å². The van der Waals surface area contributed by atoms with Gasteiger partial charge in [-0.2, -0.15) is 0 Å². The van der Waals surface area contributed by atoms with E-state index in [2.05, 4.69) is 18.4 Å². The summed E-state index contributed by atoms with van der Waals surface area (Å²) >= 11 is 0. The molecule has 1 aliphatic carbocycles. The zero-order valence-corrected chi connectivity index (χ0v) is 15.7. The first kappa shape index (κ1) is 17.6. The molecule has 0 amide bonds. The molecule has 0 aliphatic heterocycles. The average Bonchev–Trinajstić information content (AvgIpc) is 3.20. The van der Waals surface area contributed by atoms with E-state index in [1.54, 1.807) is 0 Å². The van der Waals surface area contributed by atoms with E-state index in [0.717, 1.165) is 22.7 Å². The van der Waals surface area contributed by atoms with Gasteiger partial charge in [-0.15, -0.1) is 0 Å². The van der Waals surface area contributed by atoms with Crippen LogP contribution in [-0.4, -0.2) is 31.1 Å². The van der Waals surface area contributed by atoms with E-state index in [1.165, 1.54) is 31.4 Å². The minimum absolute atomic E-state index is 0.0487. The topological polar surface area (TPSA) is 34.5 Å². The van der Waals surface area contributed by atoms with Crippen molar-refractivity contribution in [3.05, 3.63) is 47.3 Å². The van der Waals surface area contributed by atoms with Crippen LogP contribution in [0.4, 0.5) is 5.69 Å². The molecule has 25 heavy (non-hydrogen) atoms. The van der Waals surface area contributed by atoms with Gasteiger partial charge in [-0.3, -0.25) is 4.79 Å². The van der Waals surface area contributed by atoms with Gasteiger partial charge in [0.2, 0.25) is 5.78 Å². The lowest BCUT2D eigenvalue weighted by molar-refractivity contribution is 0.0920. The van der Waals surface area contributed by atoms with Crippen molar-refractivity contribution in [3.8, 4) is 5.75 Å². The molecule has 0 unspecified atom stereocenters. The van der Waals surface area contributed by atoms with E-state index in [4.69, 9.17) is 4.74 Å². The summed E-state index contributed by atoms with van der Waals surface area (Å²) in [5, 5.41) is 0. The van der Waals surface area contributed by atoms with Crippen LogP contribution >= 0.6 is 0 Å².